The maximum atomic E-state index is 14.2. The minimum Gasteiger partial charge on any atom is -0.508 e. The minimum absolute atomic E-state index is 0.0435. The number of carbonyl (C=O) groups excluding carboxylic acids is 3. The molecule has 3 aromatic carbocycles. The van der Waals surface area contributed by atoms with Gasteiger partial charge in [-0.2, -0.15) is 0 Å². The molecule has 3 rings (SSSR count). The zero-order valence-corrected chi connectivity index (χ0v) is 23.7. The van der Waals surface area contributed by atoms with Crippen molar-refractivity contribution in [2.45, 2.75) is 44.9 Å². The van der Waals surface area contributed by atoms with Crippen LogP contribution in [0.5, 0.6) is 11.5 Å². The Hall–Kier alpha value is -4.57. The molecule has 10 nitrogen and oxygen atoms in total. The van der Waals surface area contributed by atoms with Crippen molar-refractivity contribution < 1.29 is 34.1 Å². The van der Waals surface area contributed by atoms with Crippen LogP contribution < -0.4 is 15.4 Å². The third-order valence-electron chi connectivity index (χ3n) is 6.02. The van der Waals surface area contributed by atoms with Gasteiger partial charge in [-0.25, -0.2) is 4.79 Å². The third kappa shape index (κ3) is 9.25. The van der Waals surface area contributed by atoms with E-state index in [-0.39, 0.29) is 18.7 Å². The molecular weight excluding hydrogens is 526 g/mol. The summed E-state index contributed by atoms with van der Waals surface area (Å²) in [5.74, 6) is -0.441. The van der Waals surface area contributed by atoms with E-state index >= 15 is 0 Å². The number of nitrogens with one attached hydrogen (secondary N) is 2. The summed E-state index contributed by atoms with van der Waals surface area (Å²) < 4.78 is 10.6. The van der Waals surface area contributed by atoms with Crippen LogP contribution in [0.4, 0.5) is 10.5 Å². The molecule has 0 fully saturated rings. The fourth-order valence-electron chi connectivity index (χ4n) is 4.19. The molecule has 0 bridgehead atoms. The molecule has 218 valence electrons. The number of aliphatic hydroxyl groups is 1. The summed E-state index contributed by atoms with van der Waals surface area (Å²) >= 11 is 0. The average molecular weight is 564 g/mol. The molecule has 10 heteroatoms. The van der Waals surface area contributed by atoms with Gasteiger partial charge in [-0.05, 0) is 68.3 Å². The first-order valence-electron chi connectivity index (χ1n) is 13.2. The van der Waals surface area contributed by atoms with Gasteiger partial charge in [0.2, 0.25) is 5.91 Å². The Morgan fingerprint density at radius 2 is 1.56 bits per heavy atom. The van der Waals surface area contributed by atoms with Crippen molar-refractivity contribution in [2.24, 2.45) is 0 Å². The molecule has 2 atom stereocenters. The van der Waals surface area contributed by atoms with E-state index in [9.17, 15) is 24.6 Å². The minimum atomic E-state index is -1.15. The van der Waals surface area contributed by atoms with Crippen molar-refractivity contribution in [3.63, 3.8) is 0 Å². The van der Waals surface area contributed by atoms with Gasteiger partial charge in [0.15, 0.2) is 0 Å². The van der Waals surface area contributed by atoms with E-state index in [0.717, 1.165) is 0 Å². The number of rotatable bonds is 11. The third-order valence-corrected chi connectivity index (χ3v) is 6.02. The zero-order valence-electron chi connectivity index (χ0n) is 23.7. The number of phenolic OH excluding ortho intramolecular Hbond substituents is 1. The van der Waals surface area contributed by atoms with E-state index in [1.807, 2.05) is 0 Å². The number of amides is 3. The molecule has 3 amide bonds. The highest BCUT2D eigenvalue weighted by Gasteiger charge is 2.36. The Morgan fingerprint density at radius 3 is 2.12 bits per heavy atom. The van der Waals surface area contributed by atoms with Gasteiger partial charge in [0.1, 0.15) is 29.2 Å². The summed E-state index contributed by atoms with van der Waals surface area (Å²) in [4.78, 5) is 41.9. The molecule has 0 aliphatic rings. The number of aromatic hydroxyl groups is 1. The molecule has 0 aliphatic heterocycles. The normalized spacial score (nSPS) is 12.5. The summed E-state index contributed by atoms with van der Waals surface area (Å²) in [6.07, 6.45) is -0.764. The predicted molar refractivity (Wildman–Crippen MR) is 155 cm³/mol. The van der Waals surface area contributed by atoms with Crippen molar-refractivity contribution in [2.75, 3.05) is 25.6 Å². The molecule has 3 aromatic rings. The van der Waals surface area contributed by atoms with Gasteiger partial charge >= 0.3 is 6.09 Å². The number of alkyl carbamates (subject to hydrolysis) is 1. The fourth-order valence-corrected chi connectivity index (χ4v) is 4.19. The first kappa shape index (κ1) is 31.0. The number of hydrogen-bond acceptors (Lipinski definition) is 7. The SMILES string of the molecule is COc1ccc(NC(=O)C(c2ccccc2)N(CCO)C(=O)C(Cc2ccc(O)cc2)NC(=O)OC(C)(C)C)cc1. The molecule has 41 heavy (non-hydrogen) atoms. The van der Waals surface area contributed by atoms with Crippen molar-refractivity contribution in [3.8, 4) is 11.5 Å². The number of phenols is 1. The van der Waals surface area contributed by atoms with Crippen molar-refractivity contribution >= 4 is 23.6 Å². The second-order valence-electron chi connectivity index (χ2n) is 10.4. The fraction of sp³-hybridized carbons (Fsp3) is 0.323. The zero-order chi connectivity index (χ0) is 30.0. The van der Waals surface area contributed by atoms with Crippen molar-refractivity contribution in [1.82, 2.24) is 10.2 Å². The number of carbonyl (C=O) groups is 3. The number of anilines is 1. The number of hydrogen-bond donors (Lipinski definition) is 4. The van der Waals surface area contributed by atoms with Crippen LogP contribution in [0.3, 0.4) is 0 Å². The number of nitrogens with zero attached hydrogens (tertiary/aromatic N) is 1. The molecule has 0 aromatic heterocycles. The molecule has 0 saturated carbocycles. The van der Waals surface area contributed by atoms with E-state index in [0.29, 0.717) is 22.6 Å². The van der Waals surface area contributed by atoms with Crippen LogP contribution >= 0.6 is 0 Å². The lowest BCUT2D eigenvalue weighted by Crippen LogP contribution is -2.53. The van der Waals surface area contributed by atoms with Crippen LogP contribution in [-0.2, 0) is 20.7 Å². The Bertz CT molecular complexity index is 1290. The van der Waals surface area contributed by atoms with E-state index in [1.54, 1.807) is 87.5 Å². The molecular formula is C31H37N3O7. The largest absolute Gasteiger partial charge is 0.508 e. The summed E-state index contributed by atoms with van der Waals surface area (Å²) in [5, 5.41) is 25.1. The maximum Gasteiger partial charge on any atom is 0.408 e. The average Bonchev–Trinajstić information content (AvgIpc) is 2.93. The maximum absolute atomic E-state index is 14.2. The molecule has 0 radical (unpaired) electrons. The molecule has 0 spiro atoms. The predicted octanol–water partition coefficient (Wildman–Crippen LogP) is 4.04. The molecule has 4 N–H and O–H groups in total. The Kier molecular flexibility index (Phi) is 10.7. The molecule has 0 aliphatic carbocycles. The highest BCUT2D eigenvalue weighted by atomic mass is 16.6. The summed E-state index contributed by atoms with van der Waals surface area (Å²) in [6.45, 7) is 4.50. The monoisotopic (exact) mass is 563 g/mol. The molecule has 2 unspecified atom stereocenters. The quantitative estimate of drug-likeness (QED) is 0.276. The Labute approximate surface area is 239 Å². The highest BCUT2D eigenvalue weighted by Crippen LogP contribution is 2.26. The van der Waals surface area contributed by atoms with Gasteiger partial charge in [0.05, 0.1) is 13.7 Å². The lowest BCUT2D eigenvalue weighted by Gasteiger charge is -2.34. The van der Waals surface area contributed by atoms with Crippen LogP contribution in [0.1, 0.15) is 37.9 Å². The lowest BCUT2D eigenvalue weighted by molar-refractivity contribution is -0.141. The van der Waals surface area contributed by atoms with Gasteiger partial charge in [0, 0.05) is 18.7 Å². The standard InChI is InChI=1S/C31H37N3O7/c1-31(2,3)41-30(39)33-26(20-21-10-14-24(36)15-11-21)29(38)34(18-19-35)27(22-8-6-5-7-9-22)28(37)32-23-12-16-25(40-4)17-13-23/h5-17,26-27,35-36H,18-20H2,1-4H3,(H,32,37)(H,33,39). The van der Waals surface area contributed by atoms with Crippen LogP contribution in [0.25, 0.3) is 0 Å². The number of benzene rings is 3. The topological polar surface area (TPSA) is 137 Å². The molecule has 0 saturated heterocycles. The van der Waals surface area contributed by atoms with Crippen LogP contribution in [0.2, 0.25) is 0 Å². The number of methoxy groups -OCH3 is 1. The van der Waals surface area contributed by atoms with Gasteiger partial charge in [-0.3, -0.25) is 9.59 Å². The number of ether oxygens (including phenoxy) is 2. The number of aliphatic hydroxyl groups excluding tert-OH is 1. The smallest absolute Gasteiger partial charge is 0.408 e. The second kappa shape index (κ2) is 14.2. The molecule has 0 heterocycles. The first-order chi connectivity index (χ1) is 19.5. The van der Waals surface area contributed by atoms with Crippen molar-refractivity contribution in [1.29, 1.82) is 0 Å². The Balaban J connectivity index is 1.99. The van der Waals surface area contributed by atoms with Gasteiger partial charge < -0.3 is 35.2 Å². The van der Waals surface area contributed by atoms with E-state index < -0.39 is 42.2 Å². The summed E-state index contributed by atoms with van der Waals surface area (Å²) in [5.41, 5.74) is 0.841. The van der Waals surface area contributed by atoms with Gasteiger partial charge in [-0.1, -0.05) is 42.5 Å². The van der Waals surface area contributed by atoms with Gasteiger partial charge in [0.25, 0.3) is 5.91 Å². The lowest BCUT2D eigenvalue weighted by atomic mass is 10.00. The van der Waals surface area contributed by atoms with E-state index in [1.165, 1.54) is 24.1 Å². The van der Waals surface area contributed by atoms with Crippen LogP contribution in [0.15, 0.2) is 78.9 Å². The summed E-state index contributed by atoms with van der Waals surface area (Å²) in [6, 6.07) is 19.4. The van der Waals surface area contributed by atoms with Crippen LogP contribution in [-0.4, -0.2) is 64.9 Å². The highest BCUT2D eigenvalue weighted by molar-refractivity contribution is 5.99. The van der Waals surface area contributed by atoms with Gasteiger partial charge in [-0.15, -0.1) is 0 Å². The second-order valence-corrected chi connectivity index (χ2v) is 10.4. The van der Waals surface area contributed by atoms with Crippen LogP contribution in [0, 0.1) is 0 Å². The van der Waals surface area contributed by atoms with E-state index in [4.69, 9.17) is 9.47 Å². The summed E-state index contributed by atoms with van der Waals surface area (Å²) in [7, 11) is 1.54. The van der Waals surface area contributed by atoms with Crippen molar-refractivity contribution in [3.05, 3.63) is 90.0 Å². The first-order valence-corrected chi connectivity index (χ1v) is 13.2. The Morgan fingerprint density at radius 1 is 0.927 bits per heavy atom. The van der Waals surface area contributed by atoms with E-state index in [2.05, 4.69) is 10.6 Å².